The van der Waals surface area contributed by atoms with Gasteiger partial charge in [0.2, 0.25) is 0 Å². The lowest BCUT2D eigenvalue weighted by atomic mass is 10.9. The van der Waals surface area contributed by atoms with Crippen molar-refractivity contribution < 1.29 is 70.9 Å². The summed E-state index contributed by atoms with van der Waals surface area (Å²) in [5.41, 5.74) is 0. The van der Waals surface area contributed by atoms with Gasteiger partial charge in [0.15, 0.2) is 0 Å². The van der Waals surface area contributed by atoms with E-state index in [1.165, 1.54) is 0 Å². The van der Waals surface area contributed by atoms with Crippen LogP contribution in [0, 0.1) is 0 Å². The van der Waals surface area contributed by atoms with E-state index in [1.54, 1.807) is 55.4 Å². The zero-order valence-electron chi connectivity index (χ0n) is 33.6. The highest BCUT2D eigenvalue weighted by Crippen LogP contribution is 2.55. The average molecular weight is 897 g/mol. The van der Waals surface area contributed by atoms with Crippen LogP contribution in [0.4, 0.5) is 0 Å². The second kappa shape index (κ2) is 23.0. The highest BCUT2D eigenvalue weighted by Gasteiger charge is 2.58. The molecule has 0 unspecified atom stereocenters. The molecule has 1 aliphatic rings. The molecule has 0 aliphatic carbocycles. The van der Waals surface area contributed by atoms with Crippen LogP contribution >= 0.6 is 30.4 Å². The summed E-state index contributed by atoms with van der Waals surface area (Å²) >= 11 is 0. The summed E-state index contributed by atoms with van der Waals surface area (Å²) in [7, 11) is -27.9. The van der Waals surface area contributed by atoms with Crippen LogP contribution in [0.15, 0.2) is 0 Å². The SMILES string of the molecule is CCOP(=O)(CC[Si]1(C)O[Si](C)(CCP(=O)(OCC)OCC)O[Si](C)(CCP(=O)(OCC)OCC)O[Si](C)(CCP(=O)(OCC)OCC)O1)OCC. The third-order valence-electron chi connectivity index (χ3n) is 7.69. The lowest BCUT2D eigenvalue weighted by Gasteiger charge is -2.50. The molecule has 1 aliphatic heterocycles. The normalized spacial score (nSPS) is 26.7. The second-order valence-electron chi connectivity index (χ2n) is 12.6. The van der Waals surface area contributed by atoms with E-state index in [9.17, 15) is 18.3 Å². The standard InChI is InChI=1S/C28H68O16P4Si4/c1-13-33-45(29,34-14-2)21-25-49(9)41-50(10,26-22-46(30,35-15-3)36-16-4)43-52(12,28-24-48(32,39-19-7)40-20-8)44-51(11,42-49)27-23-47(31,37-17-5)38-18-6/h13-28H2,1-12H3. The molecule has 1 fully saturated rings. The van der Waals surface area contributed by atoms with Gasteiger partial charge in [-0.1, -0.05) is 0 Å². The van der Waals surface area contributed by atoms with Crippen LogP contribution in [0.5, 0.6) is 0 Å². The van der Waals surface area contributed by atoms with E-state index in [0.29, 0.717) is 0 Å². The molecule has 0 aromatic rings. The molecule has 312 valence electrons. The van der Waals surface area contributed by atoms with Crippen molar-refractivity contribution in [3.8, 4) is 0 Å². The molecule has 0 atom stereocenters. The maximum Gasteiger partial charge on any atom is 0.330 e. The fourth-order valence-corrected chi connectivity index (χ4v) is 41.3. The third-order valence-corrected chi connectivity index (χ3v) is 36.1. The lowest BCUT2D eigenvalue weighted by Crippen LogP contribution is -2.67. The van der Waals surface area contributed by atoms with E-state index < -0.39 is 64.6 Å². The molecule has 1 saturated heterocycles. The Morgan fingerprint density at radius 2 is 0.462 bits per heavy atom. The minimum atomic E-state index is -3.52. The van der Waals surface area contributed by atoms with E-state index in [-0.39, 0.29) is 102 Å². The van der Waals surface area contributed by atoms with Gasteiger partial charge in [-0.3, -0.25) is 18.3 Å². The molecule has 0 bridgehead atoms. The quantitative estimate of drug-likeness (QED) is 0.0535. The van der Waals surface area contributed by atoms with Gasteiger partial charge in [0.05, 0.1) is 77.5 Å². The van der Waals surface area contributed by atoms with Crippen LogP contribution in [0.3, 0.4) is 0 Å². The summed E-state index contributed by atoms with van der Waals surface area (Å²) in [6, 6.07) is 0.752. The number of rotatable bonds is 28. The van der Waals surface area contributed by atoms with E-state index in [1.807, 2.05) is 26.2 Å². The molecule has 24 heteroatoms. The molecule has 0 amide bonds. The van der Waals surface area contributed by atoms with Crippen molar-refractivity contribution in [1.29, 1.82) is 0 Å². The van der Waals surface area contributed by atoms with E-state index in [4.69, 9.17) is 52.7 Å². The first kappa shape index (κ1) is 51.3. The van der Waals surface area contributed by atoms with Crippen molar-refractivity contribution in [2.24, 2.45) is 0 Å². The van der Waals surface area contributed by atoms with Crippen LogP contribution in [0.1, 0.15) is 55.4 Å². The van der Waals surface area contributed by atoms with Crippen LogP contribution in [-0.4, -0.2) is 112 Å². The first-order chi connectivity index (χ1) is 24.1. The Hall–Kier alpha value is 1.31. The topological polar surface area (TPSA) is 179 Å². The Morgan fingerprint density at radius 3 is 0.577 bits per heavy atom. The Labute approximate surface area is 317 Å². The van der Waals surface area contributed by atoms with Gasteiger partial charge in [0, 0.05) is 24.2 Å². The molecule has 0 saturated carbocycles. The first-order valence-electron chi connectivity index (χ1n) is 18.5. The Bertz CT molecular complexity index is 1020. The van der Waals surface area contributed by atoms with Crippen molar-refractivity contribution in [3.63, 3.8) is 0 Å². The molecule has 0 N–H and O–H groups in total. The molecule has 1 heterocycles. The predicted molar refractivity (Wildman–Crippen MR) is 213 cm³/mol. The summed E-state index contributed by atoms with van der Waals surface area (Å²) in [5, 5.41) is 0. The lowest BCUT2D eigenvalue weighted by molar-refractivity contribution is 0.206. The smallest absolute Gasteiger partial charge is 0.330 e. The van der Waals surface area contributed by atoms with Gasteiger partial charge in [-0.15, -0.1) is 0 Å². The Balaban J connectivity index is 3.85. The monoisotopic (exact) mass is 896 g/mol. The highest BCUT2D eigenvalue weighted by molar-refractivity contribution is 7.55. The summed E-state index contributed by atoms with van der Waals surface area (Å²) in [6.45, 7) is 22.9. The minimum absolute atomic E-state index is 0.0136. The maximum absolute atomic E-state index is 13.7. The number of hydrogen-bond donors (Lipinski definition) is 0. The summed E-state index contributed by atoms with van der Waals surface area (Å²) in [6.07, 6.45) is 0.0545. The summed E-state index contributed by atoms with van der Waals surface area (Å²) in [4.78, 5) is 0. The molecule has 0 aromatic carbocycles. The van der Waals surface area contributed by atoms with E-state index in [0.717, 1.165) is 0 Å². The fraction of sp³-hybridized carbons (Fsp3) is 1.00. The van der Waals surface area contributed by atoms with Gasteiger partial charge < -0.3 is 52.7 Å². The molecule has 16 nitrogen and oxygen atoms in total. The zero-order chi connectivity index (χ0) is 39.8. The third kappa shape index (κ3) is 17.8. The molecule has 1 rings (SSSR count). The van der Waals surface area contributed by atoms with E-state index in [2.05, 4.69) is 0 Å². The van der Waals surface area contributed by atoms with Crippen LogP contribution < -0.4 is 0 Å². The van der Waals surface area contributed by atoms with Gasteiger partial charge in [-0.25, -0.2) is 0 Å². The average Bonchev–Trinajstić information content (AvgIpc) is 3.02. The van der Waals surface area contributed by atoms with Crippen LogP contribution in [-0.2, 0) is 70.9 Å². The second-order valence-corrected chi connectivity index (χ2v) is 35.7. The van der Waals surface area contributed by atoms with Gasteiger partial charge in [0.25, 0.3) is 0 Å². The maximum atomic E-state index is 13.7. The zero-order valence-corrected chi connectivity index (χ0v) is 41.2. The minimum Gasteiger partial charge on any atom is -0.416 e. The predicted octanol–water partition coefficient (Wildman–Crippen LogP) is 9.42. The van der Waals surface area contributed by atoms with Crippen molar-refractivity contribution >= 4 is 64.6 Å². The van der Waals surface area contributed by atoms with Gasteiger partial charge >= 0.3 is 64.6 Å². The van der Waals surface area contributed by atoms with Crippen molar-refractivity contribution in [3.05, 3.63) is 0 Å². The van der Waals surface area contributed by atoms with Gasteiger partial charge in [0.1, 0.15) is 0 Å². The first-order valence-corrected chi connectivity index (χ1v) is 35.5. The molecule has 0 radical (unpaired) electrons. The van der Waals surface area contributed by atoms with Gasteiger partial charge in [-0.05, 0) is 81.6 Å². The molecular formula is C28H68O16P4Si4. The Morgan fingerprint density at radius 1 is 0.327 bits per heavy atom. The summed E-state index contributed by atoms with van der Waals surface area (Å²) < 4.78 is 128. The summed E-state index contributed by atoms with van der Waals surface area (Å²) in [5.74, 6) is 0. The fourth-order valence-electron chi connectivity index (χ4n) is 5.92. The van der Waals surface area contributed by atoms with Crippen molar-refractivity contribution in [2.75, 3.05) is 77.5 Å². The van der Waals surface area contributed by atoms with E-state index >= 15 is 0 Å². The number of hydrogen-bond acceptors (Lipinski definition) is 16. The van der Waals surface area contributed by atoms with Gasteiger partial charge in [-0.2, -0.15) is 0 Å². The Kier molecular flexibility index (Phi) is 22.7. The molecular weight excluding hydrogens is 829 g/mol. The molecule has 0 spiro atoms. The van der Waals surface area contributed by atoms with Crippen molar-refractivity contribution in [1.82, 2.24) is 0 Å². The largest absolute Gasteiger partial charge is 0.416 e. The van der Waals surface area contributed by atoms with Crippen LogP contribution in [0.2, 0.25) is 50.4 Å². The molecule has 52 heavy (non-hydrogen) atoms. The molecule has 0 aromatic heterocycles. The van der Waals surface area contributed by atoms with Crippen LogP contribution in [0.25, 0.3) is 0 Å². The highest BCUT2D eigenvalue weighted by atomic mass is 31.2. The van der Waals surface area contributed by atoms with Crippen molar-refractivity contribution in [2.45, 2.75) is 106 Å².